The highest BCUT2D eigenvalue weighted by atomic mass is 32.1. The minimum absolute atomic E-state index is 0.149. The first-order valence-corrected chi connectivity index (χ1v) is 8.45. The molecule has 1 N–H and O–H groups in total. The zero-order valence-electron chi connectivity index (χ0n) is 13.0. The van der Waals surface area contributed by atoms with Gasteiger partial charge in [-0.05, 0) is 51.3 Å². The Kier molecular flexibility index (Phi) is 4.09. The van der Waals surface area contributed by atoms with Gasteiger partial charge in [-0.3, -0.25) is 4.98 Å². The van der Waals surface area contributed by atoms with Gasteiger partial charge in [0, 0.05) is 41.7 Å². The Morgan fingerprint density at radius 2 is 1.95 bits per heavy atom. The third kappa shape index (κ3) is 4.11. The van der Waals surface area contributed by atoms with Gasteiger partial charge in [0.1, 0.15) is 0 Å². The van der Waals surface area contributed by atoms with Gasteiger partial charge in [-0.25, -0.2) is 4.98 Å². The molecule has 0 aromatic carbocycles. The first-order valence-electron chi connectivity index (χ1n) is 7.64. The van der Waals surface area contributed by atoms with Crippen LogP contribution in [-0.2, 0) is 13.0 Å². The molecule has 1 aliphatic rings. The maximum absolute atomic E-state index is 4.93. The molecule has 0 atom stereocenters. The summed E-state index contributed by atoms with van der Waals surface area (Å²) in [7, 11) is 0. The Hall–Kier alpha value is -1.26. The van der Waals surface area contributed by atoms with Gasteiger partial charge in [-0.15, -0.1) is 11.3 Å². The van der Waals surface area contributed by atoms with Crippen molar-refractivity contribution in [2.75, 3.05) is 0 Å². The van der Waals surface area contributed by atoms with Crippen LogP contribution in [0, 0.1) is 0 Å². The largest absolute Gasteiger partial charge is 0.307 e. The normalized spacial score (nSPS) is 15.4. The monoisotopic (exact) mass is 301 g/mol. The molecule has 3 nitrogen and oxygen atoms in total. The van der Waals surface area contributed by atoms with Crippen molar-refractivity contribution < 1.29 is 0 Å². The molecule has 2 heterocycles. The van der Waals surface area contributed by atoms with Gasteiger partial charge in [0.15, 0.2) is 0 Å². The summed E-state index contributed by atoms with van der Waals surface area (Å²) in [6.07, 6.45) is 7.24. The zero-order chi connectivity index (χ0) is 14.9. The second-order valence-electron chi connectivity index (χ2n) is 6.83. The molecule has 2 aromatic heterocycles. The number of pyridine rings is 1. The number of nitrogens with zero attached hydrogens (tertiary/aromatic N) is 2. The molecule has 112 valence electrons. The van der Waals surface area contributed by atoms with E-state index in [-0.39, 0.29) is 5.54 Å². The molecule has 0 bridgehead atoms. The zero-order valence-corrected chi connectivity index (χ0v) is 13.8. The predicted octanol–water partition coefficient (Wildman–Crippen LogP) is 3.89. The van der Waals surface area contributed by atoms with Crippen LogP contribution in [0.1, 0.15) is 60.7 Å². The number of nitrogens with one attached hydrogen (secondary N) is 1. The quantitative estimate of drug-likeness (QED) is 0.910. The van der Waals surface area contributed by atoms with E-state index < -0.39 is 0 Å². The Balaban J connectivity index is 1.76. The second-order valence-corrected chi connectivity index (χ2v) is 7.99. The van der Waals surface area contributed by atoms with Crippen molar-refractivity contribution in [3.63, 3.8) is 0 Å². The lowest BCUT2D eigenvalue weighted by Gasteiger charge is -2.20. The molecule has 0 unspecified atom stereocenters. The highest BCUT2D eigenvalue weighted by molar-refractivity contribution is 7.11. The fourth-order valence-corrected chi connectivity index (χ4v) is 3.44. The fraction of sp³-hybridized carbons (Fsp3) is 0.529. The van der Waals surface area contributed by atoms with Gasteiger partial charge in [-0.1, -0.05) is 0 Å². The van der Waals surface area contributed by atoms with E-state index in [1.54, 1.807) is 0 Å². The van der Waals surface area contributed by atoms with Crippen molar-refractivity contribution >= 4 is 11.3 Å². The summed E-state index contributed by atoms with van der Waals surface area (Å²) in [4.78, 5) is 10.4. The second kappa shape index (κ2) is 5.85. The topological polar surface area (TPSA) is 37.8 Å². The average Bonchev–Trinajstić information content (AvgIpc) is 3.19. The molecule has 1 saturated carbocycles. The maximum atomic E-state index is 4.93. The van der Waals surface area contributed by atoms with Crippen molar-refractivity contribution in [3.05, 3.63) is 45.7 Å². The van der Waals surface area contributed by atoms with E-state index in [9.17, 15) is 0 Å². The lowest BCUT2D eigenvalue weighted by atomic mass is 10.1. The predicted molar refractivity (Wildman–Crippen MR) is 87.7 cm³/mol. The van der Waals surface area contributed by atoms with E-state index in [0.29, 0.717) is 5.92 Å². The summed E-state index contributed by atoms with van der Waals surface area (Å²) in [5, 5.41) is 4.83. The minimum Gasteiger partial charge on any atom is -0.307 e. The van der Waals surface area contributed by atoms with Gasteiger partial charge in [0.2, 0.25) is 0 Å². The maximum Gasteiger partial charge on any atom is 0.0975 e. The average molecular weight is 301 g/mol. The smallest absolute Gasteiger partial charge is 0.0975 e. The minimum atomic E-state index is 0.149. The van der Waals surface area contributed by atoms with Crippen molar-refractivity contribution in [2.45, 2.75) is 58.0 Å². The standard InChI is InChI=1S/C17H23N3S/c1-17(2,3)19-11-14-16(13-4-5-13)20-15(21-14)10-12-6-8-18-9-7-12/h6-9,13,19H,4-5,10-11H2,1-3H3. The van der Waals surface area contributed by atoms with Crippen LogP contribution in [0.15, 0.2) is 24.5 Å². The lowest BCUT2D eigenvalue weighted by molar-refractivity contribution is 0.425. The number of aromatic nitrogens is 2. The SMILES string of the molecule is CC(C)(C)NCc1sc(Cc2ccncc2)nc1C1CC1. The molecule has 0 radical (unpaired) electrons. The molecule has 0 saturated heterocycles. The third-order valence-corrected chi connectivity index (χ3v) is 4.69. The molecule has 1 aliphatic carbocycles. The van der Waals surface area contributed by atoms with E-state index in [1.807, 2.05) is 23.7 Å². The molecule has 3 rings (SSSR count). The van der Waals surface area contributed by atoms with Gasteiger partial charge in [0.05, 0.1) is 10.7 Å². The van der Waals surface area contributed by atoms with Crippen LogP contribution in [0.5, 0.6) is 0 Å². The number of hydrogen-bond acceptors (Lipinski definition) is 4. The van der Waals surface area contributed by atoms with Gasteiger partial charge in [-0.2, -0.15) is 0 Å². The molecule has 21 heavy (non-hydrogen) atoms. The summed E-state index contributed by atoms with van der Waals surface area (Å²) < 4.78 is 0. The molecular weight excluding hydrogens is 278 g/mol. The van der Waals surface area contributed by atoms with E-state index in [1.165, 1.54) is 34.0 Å². The Morgan fingerprint density at radius 1 is 1.24 bits per heavy atom. The number of hydrogen-bond donors (Lipinski definition) is 1. The van der Waals surface area contributed by atoms with E-state index >= 15 is 0 Å². The molecule has 4 heteroatoms. The van der Waals surface area contributed by atoms with Crippen LogP contribution in [0.25, 0.3) is 0 Å². The lowest BCUT2D eigenvalue weighted by Crippen LogP contribution is -2.35. The van der Waals surface area contributed by atoms with Gasteiger partial charge >= 0.3 is 0 Å². The highest BCUT2D eigenvalue weighted by Gasteiger charge is 2.29. The molecule has 1 fully saturated rings. The summed E-state index contributed by atoms with van der Waals surface area (Å²) >= 11 is 1.87. The number of rotatable bonds is 5. The first-order chi connectivity index (χ1) is 10.0. The molecule has 2 aromatic rings. The van der Waals surface area contributed by atoms with Crippen LogP contribution >= 0.6 is 11.3 Å². The van der Waals surface area contributed by atoms with Crippen molar-refractivity contribution in [1.82, 2.24) is 15.3 Å². The summed E-state index contributed by atoms with van der Waals surface area (Å²) in [6.45, 7) is 7.57. The van der Waals surface area contributed by atoms with Crippen molar-refractivity contribution in [1.29, 1.82) is 0 Å². The van der Waals surface area contributed by atoms with Crippen molar-refractivity contribution in [3.8, 4) is 0 Å². The van der Waals surface area contributed by atoms with E-state index in [2.05, 4.69) is 43.2 Å². The van der Waals surface area contributed by atoms with Crippen LogP contribution in [0.2, 0.25) is 0 Å². The van der Waals surface area contributed by atoms with E-state index in [4.69, 9.17) is 4.98 Å². The molecule has 0 amide bonds. The third-order valence-electron chi connectivity index (χ3n) is 3.62. The number of thiazole rings is 1. The van der Waals surface area contributed by atoms with Crippen LogP contribution in [0.3, 0.4) is 0 Å². The summed E-state index contributed by atoms with van der Waals surface area (Å²) in [5.41, 5.74) is 2.79. The molecular formula is C17H23N3S. The van der Waals surface area contributed by atoms with Crippen LogP contribution < -0.4 is 5.32 Å². The van der Waals surface area contributed by atoms with Crippen molar-refractivity contribution in [2.24, 2.45) is 0 Å². The Labute approximate surface area is 130 Å². The summed E-state index contributed by atoms with van der Waals surface area (Å²) in [5.74, 6) is 0.712. The Morgan fingerprint density at radius 3 is 2.57 bits per heavy atom. The first kappa shape index (κ1) is 14.7. The van der Waals surface area contributed by atoms with Crippen LogP contribution in [0.4, 0.5) is 0 Å². The van der Waals surface area contributed by atoms with Gasteiger partial charge < -0.3 is 5.32 Å². The Bertz CT molecular complexity index is 594. The fourth-order valence-electron chi connectivity index (χ4n) is 2.31. The van der Waals surface area contributed by atoms with Crippen LogP contribution in [-0.4, -0.2) is 15.5 Å². The van der Waals surface area contributed by atoms with Gasteiger partial charge in [0.25, 0.3) is 0 Å². The van der Waals surface area contributed by atoms with E-state index in [0.717, 1.165) is 13.0 Å². The molecule has 0 spiro atoms. The molecule has 0 aliphatic heterocycles. The highest BCUT2D eigenvalue weighted by Crippen LogP contribution is 2.43. The summed E-state index contributed by atoms with van der Waals surface area (Å²) in [6, 6.07) is 4.15.